The predicted molar refractivity (Wildman–Crippen MR) is 62.3 cm³/mol. The Kier molecular flexibility index (Phi) is 2.37. The molecule has 2 rings (SSSR count). The second-order valence-corrected chi connectivity index (χ2v) is 3.63. The van der Waals surface area contributed by atoms with Crippen LogP contribution in [-0.4, -0.2) is 0 Å². The van der Waals surface area contributed by atoms with E-state index in [4.69, 9.17) is 10.2 Å². The van der Waals surface area contributed by atoms with Crippen LogP contribution in [0.3, 0.4) is 0 Å². The van der Waals surface area contributed by atoms with Crippen LogP contribution in [-0.2, 0) is 0 Å². The summed E-state index contributed by atoms with van der Waals surface area (Å²) in [4.78, 5) is 0. The summed E-state index contributed by atoms with van der Waals surface area (Å²) in [5.74, 6) is 1.59. The van der Waals surface area contributed by atoms with Gasteiger partial charge in [0.25, 0.3) is 0 Å². The number of hydrogen-bond acceptors (Lipinski definition) is 3. The highest BCUT2D eigenvalue weighted by atomic mass is 16.4. The molecule has 0 spiro atoms. The normalized spacial score (nSPS) is 10.3. The Morgan fingerprint density at radius 2 is 1.93 bits per heavy atom. The van der Waals surface area contributed by atoms with Gasteiger partial charge in [-0.25, -0.2) is 0 Å². The average Bonchev–Trinajstić information content (AvgIpc) is 2.56. The van der Waals surface area contributed by atoms with Crippen LogP contribution in [0.5, 0.6) is 0 Å². The van der Waals surface area contributed by atoms with Crippen LogP contribution in [0, 0.1) is 13.8 Å². The van der Waals surface area contributed by atoms with Crippen molar-refractivity contribution in [3.05, 3.63) is 41.7 Å². The molecule has 0 aliphatic carbocycles. The van der Waals surface area contributed by atoms with Crippen LogP contribution in [0.1, 0.15) is 11.3 Å². The van der Waals surface area contributed by atoms with Gasteiger partial charge in [0.1, 0.15) is 5.76 Å². The summed E-state index contributed by atoms with van der Waals surface area (Å²) in [7, 11) is 0. The second-order valence-electron chi connectivity index (χ2n) is 3.63. The van der Waals surface area contributed by atoms with E-state index in [2.05, 4.69) is 5.32 Å². The first-order chi connectivity index (χ1) is 7.15. The standard InChI is InChI=1S/C12H14N2O/c1-8-3-5-11(10(13)7-8)14-12-6-4-9(2)15-12/h3-7,14H,13H2,1-2H3. The van der Waals surface area contributed by atoms with Crippen molar-refractivity contribution in [2.24, 2.45) is 0 Å². The molecule has 0 fully saturated rings. The fraction of sp³-hybridized carbons (Fsp3) is 0.167. The van der Waals surface area contributed by atoms with Gasteiger partial charge in [0.15, 0.2) is 5.88 Å². The highest BCUT2D eigenvalue weighted by Crippen LogP contribution is 2.24. The third kappa shape index (κ3) is 2.13. The molecule has 1 heterocycles. The lowest BCUT2D eigenvalue weighted by molar-refractivity contribution is 0.551. The van der Waals surface area contributed by atoms with Crippen molar-refractivity contribution in [2.75, 3.05) is 11.1 Å². The van der Waals surface area contributed by atoms with Crippen LogP contribution < -0.4 is 11.1 Å². The van der Waals surface area contributed by atoms with Crippen molar-refractivity contribution in [1.82, 2.24) is 0 Å². The van der Waals surface area contributed by atoms with Crippen molar-refractivity contribution < 1.29 is 4.42 Å². The zero-order chi connectivity index (χ0) is 10.8. The number of nitrogen functional groups attached to an aromatic ring is 1. The van der Waals surface area contributed by atoms with Crippen molar-refractivity contribution in [3.63, 3.8) is 0 Å². The first-order valence-electron chi connectivity index (χ1n) is 4.85. The molecule has 0 amide bonds. The Morgan fingerprint density at radius 3 is 2.53 bits per heavy atom. The smallest absolute Gasteiger partial charge is 0.197 e. The molecule has 0 atom stereocenters. The molecule has 0 aliphatic heterocycles. The molecule has 15 heavy (non-hydrogen) atoms. The maximum Gasteiger partial charge on any atom is 0.197 e. The summed E-state index contributed by atoms with van der Waals surface area (Å²) >= 11 is 0. The highest BCUT2D eigenvalue weighted by Gasteiger charge is 2.02. The van der Waals surface area contributed by atoms with Crippen LogP contribution in [0.25, 0.3) is 0 Å². The Hall–Kier alpha value is -1.90. The molecular weight excluding hydrogens is 188 g/mol. The minimum Gasteiger partial charge on any atom is -0.446 e. The Labute approximate surface area is 88.9 Å². The van der Waals surface area contributed by atoms with E-state index in [1.807, 2.05) is 44.2 Å². The molecule has 0 aliphatic rings. The van der Waals surface area contributed by atoms with Gasteiger partial charge in [-0.3, -0.25) is 0 Å². The summed E-state index contributed by atoms with van der Waals surface area (Å²) in [5.41, 5.74) is 8.62. The van der Waals surface area contributed by atoms with Crippen LogP contribution in [0.4, 0.5) is 17.3 Å². The Bertz CT molecular complexity index is 474. The zero-order valence-electron chi connectivity index (χ0n) is 8.87. The first kappa shape index (κ1) is 9.65. The monoisotopic (exact) mass is 202 g/mol. The summed E-state index contributed by atoms with van der Waals surface area (Å²) in [6.07, 6.45) is 0. The van der Waals surface area contributed by atoms with E-state index in [1.54, 1.807) is 0 Å². The second kappa shape index (κ2) is 3.69. The lowest BCUT2D eigenvalue weighted by Gasteiger charge is -2.07. The zero-order valence-corrected chi connectivity index (χ0v) is 8.87. The molecule has 3 nitrogen and oxygen atoms in total. The maximum absolute atomic E-state index is 5.87. The molecule has 1 aromatic carbocycles. The van der Waals surface area contributed by atoms with Crippen LogP contribution in [0.2, 0.25) is 0 Å². The van der Waals surface area contributed by atoms with Crippen molar-refractivity contribution in [2.45, 2.75) is 13.8 Å². The summed E-state index contributed by atoms with van der Waals surface area (Å²) in [6, 6.07) is 9.68. The van der Waals surface area contributed by atoms with E-state index < -0.39 is 0 Å². The Morgan fingerprint density at radius 1 is 1.13 bits per heavy atom. The third-order valence-electron chi connectivity index (χ3n) is 2.21. The third-order valence-corrected chi connectivity index (χ3v) is 2.21. The largest absolute Gasteiger partial charge is 0.446 e. The summed E-state index contributed by atoms with van der Waals surface area (Å²) < 4.78 is 5.41. The molecule has 0 radical (unpaired) electrons. The molecule has 0 unspecified atom stereocenters. The molecule has 1 aromatic heterocycles. The number of aryl methyl sites for hydroxylation is 2. The van der Waals surface area contributed by atoms with E-state index in [0.29, 0.717) is 5.88 Å². The first-order valence-corrected chi connectivity index (χ1v) is 4.85. The highest BCUT2D eigenvalue weighted by molar-refractivity contribution is 5.71. The van der Waals surface area contributed by atoms with Gasteiger partial charge in [-0.15, -0.1) is 0 Å². The van der Waals surface area contributed by atoms with E-state index in [-0.39, 0.29) is 0 Å². The van der Waals surface area contributed by atoms with E-state index in [1.165, 1.54) is 0 Å². The van der Waals surface area contributed by atoms with Gasteiger partial charge in [-0.05, 0) is 37.6 Å². The minimum absolute atomic E-state index is 0.711. The number of anilines is 3. The fourth-order valence-corrected chi connectivity index (χ4v) is 1.43. The van der Waals surface area contributed by atoms with Gasteiger partial charge in [0.05, 0.1) is 11.4 Å². The number of nitrogens with one attached hydrogen (secondary N) is 1. The lowest BCUT2D eigenvalue weighted by atomic mass is 10.2. The quantitative estimate of drug-likeness (QED) is 0.735. The molecule has 0 bridgehead atoms. The fourth-order valence-electron chi connectivity index (χ4n) is 1.43. The molecule has 0 saturated heterocycles. The number of furan rings is 1. The minimum atomic E-state index is 0.711. The van der Waals surface area contributed by atoms with Gasteiger partial charge in [0, 0.05) is 6.07 Å². The van der Waals surface area contributed by atoms with Crippen molar-refractivity contribution in [1.29, 1.82) is 0 Å². The molecule has 3 heteroatoms. The van der Waals surface area contributed by atoms with Gasteiger partial charge < -0.3 is 15.5 Å². The van der Waals surface area contributed by atoms with E-state index in [9.17, 15) is 0 Å². The summed E-state index contributed by atoms with van der Waals surface area (Å²) in [5, 5.41) is 3.13. The van der Waals surface area contributed by atoms with Gasteiger partial charge in [0.2, 0.25) is 0 Å². The summed E-state index contributed by atoms with van der Waals surface area (Å²) in [6.45, 7) is 3.92. The maximum atomic E-state index is 5.87. The Balaban J connectivity index is 2.24. The predicted octanol–water partition coefficient (Wildman–Crippen LogP) is 3.22. The number of nitrogens with two attached hydrogens (primary N) is 1. The lowest BCUT2D eigenvalue weighted by Crippen LogP contribution is -1.95. The van der Waals surface area contributed by atoms with Gasteiger partial charge in [-0.2, -0.15) is 0 Å². The molecule has 78 valence electrons. The molecule has 3 N–H and O–H groups in total. The topological polar surface area (TPSA) is 51.2 Å². The number of rotatable bonds is 2. The number of benzene rings is 1. The number of hydrogen-bond donors (Lipinski definition) is 2. The molecule has 2 aromatic rings. The van der Waals surface area contributed by atoms with Crippen LogP contribution in [0.15, 0.2) is 34.7 Å². The van der Waals surface area contributed by atoms with E-state index in [0.717, 1.165) is 22.7 Å². The van der Waals surface area contributed by atoms with Crippen LogP contribution >= 0.6 is 0 Å². The van der Waals surface area contributed by atoms with Gasteiger partial charge >= 0.3 is 0 Å². The van der Waals surface area contributed by atoms with Crippen molar-refractivity contribution in [3.8, 4) is 0 Å². The molecule has 0 saturated carbocycles. The SMILES string of the molecule is Cc1ccc(Nc2ccc(C)o2)c(N)c1. The van der Waals surface area contributed by atoms with E-state index >= 15 is 0 Å². The van der Waals surface area contributed by atoms with Gasteiger partial charge in [-0.1, -0.05) is 6.07 Å². The molecular formula is C12H14N2O. The van der Waals surface area contributed by atoms with Crippen molar-refractivity contribution >= 4 is 17.3 Å². The average molecular weight is 202 g/mol.